The Morgan fingerprint density at radius 3 is 2.88 bits per heavy atom. The number of methoxy groups -OCH3 is 1. The highest BCUT2D eigenvalue weighted by Crippen LogP contribution is 2.21. The van der Waals surface area contributed by atoms with Crippen molar-refractivity contribution in [2.75, 3.05) is 20.2 Å². The number of nitrogens with zero attached hydrogens (tertiary/aromatic N) is 2. The Hall–Kier alpha value is -2.83. The molecule has 0 saturated carbocycles. The van der Waals surface area contributed by atoms with E-state index in [4.69, 9.17) is 13.9 Å². The lowest BCUT2D eigenvalue weighted by atomic mass is 9.99. The summed E-state index contributed by atoms with van der Waals surface area (Å²) in [5.74, 6) is -0.188. The van der Waals surface area contributed by atoms with E-state index in [2.05, 4.69) is 4.98 Å². The third-order valence-electron chi connectivity index (χ3n) is 4.12. The fraction of sp³-hybridized carbons (Fsp3) is 0.389. The molecule has 0 N–H and O–H groups in total. The van der Waals surface area contributed by atoms with Gasteiger partial charge in [0, 0.05) is 18.7 Å². The van der Waals surface area contributed by atoms with Crippen LogP contribution in [0.15, 0.2) is 41.0 Å². The fourth-order valence-electron chi connectivity index (χ4n) is 2.81. The van der Waals surface area contributed by atoms with Gasteiger partial charge in [0.25, 0.3) is 0 Å². The summed E-state index contributed by atoms with van der Waals surface area (Å²) < 4.78 is 15.5. The van der Waals surface area contributed by atoms with Crippen molar-refractivity contribution in [3.8, 4) is 11.5 Å². The van der Waals surface area contributed by atoms with Gasteiger partial charge in [-0.2, -0.15) is 0 Å². The molecule has 1 fully saturated rings. The molecule has 25 heavy (non-hydrogen) atoms. The van der Waals surface area contributed by atoms with Crippen molar-refractivity contribution in [2.45, 2.75) is 19.4 Å². The highest BCUT2D eigenvalue weighted by molar-refractivity contribution is 5.74. The fourth-order valence-corrected chi connectivity index (χ4v) is 2.81. The van der Waals surface area contributed by atoms with Crippen molar-refractivity contribution < 1.29 is 23.5 Å². The number of carbonyl (C=O) groups excluding carboxylic acids is 2. The van der Waals surface area contributed by atoms with E-state index in [-0.39, 0.29) is 18.5 Å². The van der Waals surface area contributed by atoms with Crippen molar-refractivity contribution in [1.29, 1.82) is 0 Å². The Kier molecular flexibility index (Phi) is 5.33. The smallest absolute Gasteiger partial charge is 0.409 e. The van der Waals surface area contributed by atoms with Crippen molar-refractivity contribution in [3.05, 3.63) is 42.3 Å². The van der Waals surface area contributed by atoms with Gasteiger partial charge in [0.2, 0.25) is 5.89 Å². The molecule has 0 unspecified atom stereocenters. The lowest BCUT2D eigenvalue weighted by molar-refractivity contribution is -0.151. The molecule has 1 aliphatic heterocycles. The van der Waals surface area contributed by atoms with Crippen LogP contribution in [0.2, 0.25) is 0 Å². The minimum atomic E-state index is -0.415. The zero-order valence-corrected chi connectivity index (χ0v) is 14.0. The molecule has 3 rings (SSSR count). The number of hydrogen-bond donors (Lipinski definition) is 0. The van der Waals surface area contributed by atoms with Crippen LogP contribution < -0.4 is 0 Å². The molecule has 7 nitrogen and oxygen atoms in total. The first-order valence-corrected chi connectivity index (χ1v) is 8.16. The van der Waals surface area contributed by atoms with Crippen LogP contribution in [0, 0.1) is 5.92 Å². The van der Waals surface area contributed by atoms with E-state index in [1.165, 1.54) is 18.3 Å². The van der Waals surface area contributed by atoms with Gasteiger partial charge in [-0.3, -0.25) is 4.79 Å². The normalized spacial score (nSPS) is 17.2. The Bertz CT molecular complexity index is 728. The van der Waals surface area contributed by atoms with Gasteiger partial charge in [-0.25, -0.2) is 9.78 Å². The summed E-state index contributed by atoms with van der Waals surface area (Å²) in [5.41, 5.74) is 1.41. The predicted octanol–water partition coefficient (Wildman–Crippen LogP) is 2.86. The number of rotatable bonds is 4. The molecule has 1 aromatic carbocycles. The number of ether oxygens (including phenoxy) is 2. The highest BCUT2D eigenvalue weighted by Gasteiger charge is 2.30. The molecule has 132 valence electrons. The highest BCUT2D eigenvalue weighted by atomic mass is 16.5. The van der Waals surface area contributed by atoms with Crippen molar-refractivity contribution in [1.82, 2.24) is 9.88 Å². The van der Waals surface area contributed by atoms with Crippen LogP contribution in [-0.4, -0.2) is 42.1 Å². The second-order valence-corrected chi connectivity index (χ2v) is 5.87. The van der Waals surface area contributed by atoms with Crippen molar-refractivity contribution >= 4 is 12.1 Å². The molecule has 1 aliphatic rings. The van der Waals surface area contributed by atoms with Crippen LogP contribution in [-0.2, 0) is 20.9 Å². The second-order valence-electron chi connectivity index (χ2n) is 5.87. The molecule has 1 aromatic heterocycles. The number of esters is 1. The van der Waals surface area contributed by atoms with Crippen LogP contribution in [0.5, 0.6) is 0 Å². The summed E-state index contributed by atoms with van der Waals surface area (Å²) in [7, 11) is 1.33. The maximum atomic E-state index is 12.2. The molecule has 1 saturated heterocycles. The number of benzene rings is 1. The molecule has 2 aromatic rings. The van der Waals surface area contributed by atoms with Gasteiger partial charge in [0.05, 0.1) is 13.0 Å². The van der Waals surface area contributed by atoms with Crippen LogP contribution >= 0.6 is 0 Å². The Balaban J connectivity index is 1.54. The molecule has 1 amide bonds. The van der Waals surface area contributed by atoms with Crippen molar-refractivity contribution in [3.63, 3.8) is 0 Å². The van der Waals surface area contributed by atoms with E-state index in [0.29, 0.717) is 31.1 Å². The molecule has 0 radical (unpaired) electrons. The zero-order valence-electron chi connectivity index (χ0n) is 14.0. The van der Waals surface area contributed by atoms with Gasteiger partial charge in [0.1, 0.15) is 18.6 Å². The van der Waals surface area contributed by atoms with E-state index in [1.54, 1.807) is 0 Å². The van der Waals surface area contributed by atoms with Crippen LogP contribution in [0.3, 0.4) is 0 Å². The van der Waals surface area contributed by atoms with E-state index in [0.717, 1.165) is 12.0 Å². The standard InChI is InChI=1S/C18H20N2O5/c1-23-18(22)20-9-5-8-14(10-20)17(21)25-12-15-11-24-16(19-15)13-6-3-2-4-7-13/h2-4,6-7,11,14H,5,8-10,12H2,1H3/t14-/m0/s1. The summed E-state index contributed by atoms with van der Waals surface area (Å²) in [6, 6.07) is 9.50. The Morgan fingerprint density at radius 2 is 2.12 bits per heavy atom. The third-order valence-corrected chi connectivity index (χ3v) is 4.12. The molecule has 2 heterocycles. The van der Waals surface area contributed by atoms with Gasteiger partial charge < -0.3 is 18.8 Å². The molecule has 0 aliphatic carbocycles. The Labute approximate surface area is 145 Å². The molecule has 1 atom stereocenters. The van der Waals surface area contributed by atoms with Gasteiger partial charge >= 0.3 is 12.1 Å². The number of oxazole rings is 1. The summed E-state index contributed by atoms with van der Waals surface area (Å²) in [4.78, 5) is 29.7. The molecule has 7 heteroatoms. The monoisotopic (exact) mass is 344 g/mol. The summed E-state index contributed by atoms with van der Waals surface area (Å²) >= 11 is 0. The van der Waals surface area contributed by atoms with E-state index >= 15 is 0 Å². The quantitative estimate of drug-likeness (QED) is 0.793. The van der Waals surface area contributed by atoms with Crippen LogP contribution in [0.4, 0.5) is 4.79 Å². The molecule has 0 bridgehead atoms. The molecular formula is C18H20N2O5. The summed E-state index contributed by atoms with van der Waals surface area (Å²) in [5, 5.41) is 0. The third kappa shape index (κ3) is 4.17. The van der Waals surface area contributed by atoms with Crippen LogP contribution in [0.25, 0.3) is 11.5 Å². The minimum absolute atomic E-state index is 0.0455. The zero-order chi connectivity index (χ0) is 17.6. The average molecular weight is 344 g/mol. The minimum Gasteiger partial charge on any atom is -0.459 e. The maximum absolute atomic E-state index is 12.2. The van der Waals surface area contributed by atoms with Gasteiger partial charge in [-0.1, -0.05) is 18.2 Å². The number of hydrogen-bond acceptors (Lipinski definition) is 6. The van der Waals surface area contributed by atoms with Gasteiger partial charge in [-0.05, 0) is 25.0 Å². The number of carbonyl (C=O) groups is 2. The molecular weight excluding hydrogens is 324 g/mol. The first-order valence-electron chi connectivity index (χ1n) is 8.16. The van der Waals surface area contributed by atoms with Gasteiger partial charge in [0.15, 0.2) is 0 Å². The number of piperidine rings is 1. The lowest BCUT2D eigenvalue weighted by Gasteiger charge is -2.30. The van der Waals surface area contributed by atoms with E-state index in [1.807, 2.05) is 30.3 Å². The Morgan fingerprint density at radius 1 is 1.32 bits per heavy atom. The second kappa shape index (κ2) is 7.83. The average Bonchev–Trinajstić information content (AvgIpc) is 3.15. The van der Waals surface area contributed by atoms with Crippen molar-refractivity contribution in [2.24, 2.45) is 5.92 Å². The SMILES string of the molecule is COC(=O)N1CCC[C@H](C(=O)OCc2coc(-c3ccccc3)n2)C1. The number of aromatic nitrogens is 1. The largest absolute Gasteiger partial charge is 0.459 e. The topological polar surface area (TPSA) is 81.9 Å². The molecule has 0 spiro atoms. The first kappa shape index (κ1) is 17.0. The number of amides is 1. The van der Waals surface area contributed by atoms with E-state index in [9.17, 15) is 9.59 Å². The van der Waals surface area contributed by atoms with E-state index < -0.39 is 6.09 Å². The summed E-state index contributed by atoms with van der Waals surface area (Å²) in [6.07, 6.45) is 2.51. The maximum Gasteiger partial charge on any atom is 0.409 e. The predicted molar refractivity (Wildman–Crippen MR) is 88.4 cm³/mol. The first-order chi connectivity index (χ1) is 12.2. The number of likely N-dealkylation sites (tertiary alicyclic amines) is 1. The van der Waals surface area contributed by atoms with Crippen LogP contribution in [0.1, 0.15) is 18.5 Å². The van der Waals surface area contributed by atoms with Gasteiger partial charge in [-0.15, -0.1) is 0 Å². The summed E-state index contributed by atoms with van der Waals surface area (Å²) in [6.45, 7) is 0.962. The lowest BCUT2D eigenvalue weighted by Crippen LogP contribution is -2.42.